The number of nitrogens with one attached hydrogen (secondary N) is 2. The molecule has 0 saturated heterocycles. The number of hydrogen-bond acceptors (Lipinski definition) is 2. The molecule has 0 aliphatic carbocycles. The molecule has 6 nitrogen and oxygen atoms in total. The van der Waals surface area contributed by atoms with E-state index in [1.54, 1.807) is 21.1 Å². The third kappa shape index (κ3) is 4.11. The van der Waals surface area contributed by atoms with Gasteiger partial charge < -0.3 is 15.0 Å². The van der Waals surface area contributed by atoms with E-state index in [-0.39, 0.29) is 19.1 Å². The number of halogens is 1. The first kappa shape index (κ1) is 21.3. The van der Waals surface area contributed by atoms with E-state index < -0.39 is 7.26 Å². The Bertz CT molecular complexity index is 1390. The predicted octanol–water partition coefficient (Wildman–Crippen LogP) is 3.34. The molecule has 8 heteroatoms. The van der Waals surface area contributed by atoms with Gasteiger partial charge in [0.15, 0.2) is 12.3 Å². The number of terminal acetylenes is 1. The number of hydrogen-bond donors (Lipinski definition) is 2. The van der Waals surface area contributed by atoms with Crippen molar-refractivity contribution in [3.05, 3.63) is 95.2 Å². The van der Waals surface area contributed by atoms with Crippen molar-refractivity contribution in [1.29, 1.82) is 0 Å². The van der Waals surface area contributed by atoms with Gasteiger partial charge in [-0.2, -0.15) is 0 Å². The van der Waals surface area contributed by atoms with Crippen LogP contribution in [0.15, 0.2) is 72.6 Å². The van der Waals surface area contributed by atoms with Crippen LogP contribution in [0, 0.1) is 12.3 Å². The Morgan fingerprint density at radius 1 is 1.21 bits per heavy atom. The summed E-state index contributed by atoms with van der Waals surface area (Å²) < 4.78 is 24.6. The quantitative estimate of drug-likeness (QED) is 0.428. The van der Waals surface area contributed by atoms with Gasteiger partial charge in [-0.15, -0.1) is 6.42 Å². The standard InChI is InChI=1S/C26H20BFN4O2/c1-2-15-30-26(33)18-34-23-12-6-19(7-13-23)5-8-20-9-10-21-17-22-11-14-25(24-4-3-16-29-24)32(22)27(28)31(20)21/h1,3-14,16-17H,15,18H2,(H,30,33)/p+1. The van der Waals surface area contributed by atoms with Crippen molar-refractivity contribution < 1.29 is 18.3 Å². The zero-order valence-electron chi connectivity index (χ0n) is 18.2. The monoisotopic (exact) mass is 451 g/mol. The first-order chi connectivity index (χ1) is 16.6. The molecule has 0 bridgehead atoms. The summed E-state index contributed by atoms with van der Waals surface area (Å²) in [6.07, 6.45) is 16.6. The minimum Gasteiger partial charge on any atom is -0.484 e. The lowest BCUT2D eigenvalue weighted by atomic mass is 9.96. The summed E-state index contributed by atoms with van der Waals surface area (Å²) in [5.74, 6) is 2.64. The number of benzene rings is 1. The smallest absolute Gasteiger partial charge is 0.484 e. The summed E-state index contributed by atoms with van der Waals surface area (Å²) in [7, 11) is -1.37. The Morgan fingerprint density at radius 3 is 2.82 bits per heavy atom. The fourth-order valence-corrected chi connectivity index (χ4v) is 3.98. The average molecular weight is 451 g/mol. The molecule has 0 spiro atoms. The largest absolute Gasteiger partial charge is 0.846 e. The second-order valence-electron chi connectivity index (χ2n) is 7.78. The molecule has 34 heavy (non-hydrogen) atoms. The van der Waals surface area contributed by atoms with Gasteiger partial charge in [-0.05, 0) is 48.0 Å². The van der Waals surface area contributed by atoms with Crippen LogP contribution in [0.25, 0.3) is 18.2 Å². The van der Waals surface area contributed by atoms with E-state index >= 15 is 4.32 Å². The SMILES string of the molecule is C#CCNC(=O)COc1ccc(C=Cc2ccc3n2B(F)[N+]2=C(c4ccc[nH]4)C=CC2=C3)cc1. The van der Waals surface area contributed by atoms with Crippen molar-refractivity contribution in [3.63, 3.8) is 0 Å². The molecule has 2 aromatic heterocycles. The van der Waals surface area contributed by atoms with Crippen LogP contribution in [0.2, 0.25) is 0 Å². The van der Waals surface area contributed by atoms with E-state index in [4.69, 9.17) is 11.2 Å². The van der Waals surface area contributed by atoms with E-state index in [0.717, 1.165) is 34.1 Å². The minimum atomic E-state index is -1.37. The predicted molar refractivity (Wildman–Crippen MR) is 132 cm³/mol. The van der Waals surface area contributed by atoms with Crippen molar-refractivity contribution >= 4 is 37.1 Å². The molecule has 0 radical (unpaired) electrons. The molecule has 166 valence electrons. The first-order valence-electron chi connectivity index (χ1n) is 10.8. The van der Waals surface area contributed by atoms with Crippen LogP contribution < -0.4 is 10.1 Å². The Balaban J connectivity index is 1.32. The van der Waals surface area contributed by atoms with Gasteiger partial charge in [-0.25, -0.2) is 8.80 Å². The summed E-state index contributed by atoms with van der Waals surface area (Å²) in [6.45, 7) is 0.0686. The number of amides is 1. The molecule has 1 amide bonds. The molecule has 0 atom stereocenters. The lowest BCUT2D eigenvalue weighted by Gasteiger charge is -2.14. The highest BCUT2D eigenvalue weighted by molar-refractivity contribution is 6.44. The summed E-state index contributed by atoms with van der Waals surface area (Å²) in [5, 5.41) is 2.54. The molecule has 0 fully saturated rings. The van der Waals surface area contributed by atoms with E-state index in [2.05, 4.69) is 16.2 Å². The number of nitrogens with zero attached hydrogens (tertiary/aromatic N) is 2. The molecule has 0 unspecified atom stereocenters. The van der Waals surface area contributed by atoms with Crippen molar-refractivity contribution in [1.82, 2.24) is 14.8 Å². The van der Waals surface area contributed by atoms with Gasteiger partial charge in [0.1, 0.15) is 11.4 Å². The lowest BCUT2D eigenvalue weighted by molar-refractivity contribution is -0.333. The fraction of sp³-hybridized carbons (Fsp3) is 0.0769. The molecular weight excluding hydrogens is 430 g/mol. The molecule has 2 aliphatic rings. The number of fused-ring (bicyclic) bond motifs is 2. The third-order valence-corrected chi connectivity index (χ3v) is 5.61. The summed E-state index contributed by atoms with van der Waals surface area (Å²) in [5.41, 5.74) is 4.96. The second kappa shape index (κ2) is 9.16. The number of aromatic nitrogens is 2. The average Bonchev–Trinajstić information content (AvgIpc) is 3.60. The highest BCUT2D eigenvalue weighted by Crippen LogP contribution is 2.27. The summed E-state index contributed by atoms with van der Waals surface area (Å²) >= 11 is 0. The minimum absolute atomic E-state index is 0.104. The third-order valence-electron chi connectivity index (χ3n) is 5.61. The van der Waals surface area contributed by atoms with Gasteiger partial charge in [0.25, 0.3) is 5.91 Å². The molecule has 2 aliphatic heterocycles. The van der Waals surface area contributed by atoms with Crippen molar-refractivity contribution in [3.8, 4) is 18.1 Å². The number of H-pyrrole nitrogens is 1. The molecule has 4 heterocycles. The molecule has 2 N–H and O–H groups in total. The van der Waals surface area contributed by atoms with Crippen molar-refractivity contribution in [2.75, 3.05) is 13.2 Å². The van der Waals surface area contributed by atoms with E-state index in [1.165, 1.54) is 0 Å². The van der Waals surface area contributed by atoms with E-state index in [9.17, 15) is 4.79 Å². The number of allylic oxidation sites excluding steroid dienone is 2. The van der Waals surface area contributed by atoms with Gasteiger partial charge in [-0.1, -0.05) is 24.1 Å². The van der Waals surface area contributed by atoms with E-state index in [1.807, 2.05) is 73.0 Å². The zero-order chi connectivity index (χ0) is 23.5. The van der Waals surface area contributed by atoms with E-state index in [0.29, 0.717) is 5.75 Å². The highest BCUT2D eigenvalue weighted by Gasteiger charge is 2.47. The molecule has 1 aromatic carbocycles. The van der Waals surface area contributed by atoms with Crippen molar-refractivity contribution in [2.24, 2.45) is 0 Å². The number of carbonyl (C=O) groups is 1. The summed E-state index contributed by atoms with van der Waals surface area (Å²) in [6, 6.07) is 15.0. The topological polar surface area (TPSA) is 62.1 Å². The summed E-state index contributed by atoms with van der Waals surface area (Å²) in [4.78, 5) is 14.7. The molecule has 5 rings (SSSR count). The zero-order valence-corrected chi connectivity index (χ0v) is 18.2. The van der Waals surface area contributed by atoms with Crippen LogP contribution >= 0.6 is 0 Å². The van der Waals surface area contributed by atoms with Crippen LogP contribution in [0.1, 0.15) is 22.6 Å². The Morgan fingerprint density at radius 2 is 2.06 bits per heavy atom. The Hall–Kier alpha value is -4.51. The maximum Gasteiger partial charge on any atom is 0.846 e. The Kier molecular flexibility index (Phi) is 5.75. The highest BCUT2D eigenvalue weighted by atomic mass is 19.1. The van der Waals surface area contributed by atoms with Crippen LogP contribution in [-0.4, -0.2) is 46.0 Å². The molecular formula is C26H21BFN4O2+. The maximum absolute atomic E-state index is 15.8. The molecule has 3 aromatic rings. The van der Waals surface area contributed by atoms with Gasteiger partial charge >= 0.3 is 7.26 Å². The van der Waals surface area contributed by atoms with Crippen LogP contribution in [-0.2, 0) is 4.79 Å². The number of carbonyl (C=O) groups excluding carboxylic acids is 1. The van der Waals surface area contributed by atoms with Crippen LogP contribution in [0.3, 0.4) is 0 Å². The van der Waals surface area contributed by atoms with Gasteiger partial charge in [-0.3, -0.25) is 9.27 Å². The number of ether oxygens (including phenoxy) is 1. The Labute approximate surface area is 196 Å². The number of aromatic amines is 1. The normalized spacial score (nSPS) is 14.1. The number of rotatable bonds is 7. The van der Waals surface area contributed by atoms with Gasteiger partial charge in [0, 0.05) is 35.8 Å². The first-order valence-corrected chi connectivity index (χ1v) is 10.8. The van der Waals surface area contributed by atoms with Gasteiger partial charge in [0.05, 0.1) is 6.54 Å². The van der Waals surface area contributed by atoms with Crippen LogP contribution in [0.5, 0.6) is 5.75 Å². The fourth-order valence-electron chi connectivity index (χ4n) is 3.98. The molecule has 0 saturated carbocycles. The van der Waals surface area contributed by atoms with Gasteiger partial charge in [0.2, 0.25) is 5.71 Å². The maximum atomic E-state index is 15.8. The van der Waals surface area contributed by atoms with Crippen molar-refractivity contribution in [2.45, 2.75) is 0 Å². The lowest BCUT2D eigenvalue weighted by Crippen LogP contribution is -2.39. The van der Waals surface area contributed by atoms with Crippen LogP contribution in [0.4, 0.5) is 4.32 Å². The second-order valence-corrected chi connectivity index (χ2v) is 7.78.